The van der Waals surface area contributed by atoms with Gasteiger partial charge in [-0.15, -0.1) is 10.9 Å². The lowest BCUT2D eigenvalue weighted by Gasteiger charge is -2.04. The highest BCUT2D eigenvalue weighted by atomic mass is 32.2. The zero-order valence-corrected chi connectivity index (χ0v) is 7.23. The molecule has 1 aliphatic rings. The zero-order chi connectivity index (χ0) is 7.84. The molecule has 1 aromatic heterocycles. The van der Waals surface area contributed by atoms with Crippen molar-refractivity contribution in [3.63, 3.8) is 0 Å². The van der Waals surface area contributed by atoms with Gasteiger partial charge in [0.1, 0.15) is 0 Å². The second kappa shape index (κ2) is 2.39. The summed E-state index contributed by atoms with van der Waals surface area (Å²) >= 11 is 1.56. The van der Waals surface area contributed by atoms with Crippen LogP contribution in [0.15, 0.2) is 21.1 Å². The van der Waals surface area contributed by atoms with Crippen molar-refractivity contribution in [2.24, 2.45) is 0 Å². The van der Waals surface area contributed by atoms with Gasteiger partial charge >= 0.3 is 5.30 Å². The Morgan fingerprint density at radius 3 is 3.09 bits per heavy atom. The molecule has 2 nitrogen and oxygen atoms in total. The van der Waals surface area contributed by atoms with E-state index >= 15 is 0 Å². The Bertz CT molecular complexity index is 327. The predicted octanol–water partition coefficient (Wildman–Crippen LogP) is 2.77. The molecule has 0 radical (unpaired) electrons. The fourth-order valence-corrected chi connectivity index (χ4v) is 3.65. The summed E-state index contributed by atoms with van der Waals surface area (Å²) in [7, 11) is -1.04. The van der Waals surface area contributed by atoms with Crippen LogP contribution in [-0.4, -0.2) is 10.4 Å². The molecule has 1 N–H and O–H groups in total. The van der Waals surface area contributed by atoms with Crippen molar-refractivity contribution < 1.29 is 9.90 Å². The van der Waals surface area contributed by atoms with E-state index < -0.39 is 16.2 Å². The van der Waals surface area contributed by atoms with E-state index in [1.165, 1.54) is 0 Å². The van der Waals surface area contributed by atoms with Gasteiger partial charge in [0.15, 0.2) is 0 Å². The molecule has 58 valence electrons. The summed E-state index contributed by atoms with van der Waals surface area (Å²) in [6, 6.07) is 0. The van der Waals surface area contributed by atoms with Gasteiger partial charge < -0.3 is 5.11 Å². The van der Waals surface area contributed by atoms with Crippen molar-refractivity contribution in [1.29, 1.82) is 0 Å². The molecule has 2 rings (SSSR count). The fraction of sp³-hybridized carbons (Fsp3) is 0. The van der Waals surface area contributed by atoms with Crippen molar-refractivity contribution >= 4 is 33.6 Å². The Morgan fingerprint density at radius 2 is 2.36 bits per heavy atom. The summed E-state index contributed by atoms with van der Waals surface area (Å²) < 4.78 is 0. The zero-order valence-electron chi connectivity index (χ0n) is 5.52. The fourth-order valence-electron chi connectivity index (χ4n) is 1.02. The van der Waals surface area contributed by atoms with Crippen LogP contribution in [0.1, 0.15) is 5.56 Å². The maximum atomic E-state index is 10.6. The normalized spacial score (nSPS) is 23.5. The molecule has 1 atom stereocenters. The topological polar surface area (TPSA) is 37.3 Å². The summed E-state index contributed by atoms with van der Waals surface area (Å²) in [6.45, 7) is 0. The maximum Gasteiger partial charge on any atom is 0.352 e. The lowest BCUT2D eigenvalue weighted by molar-refractivity contribution is 0.222. The summed E-state index contributed by atoms with van der Waals surface area (Å²) in [5.74, 6) is 0. The lowest BCUT2D eigenvalue weighted by Crippen LogP contribution is -1.88. The first-order valence-corrected chi connectivity index (χ1v) is 5.41. The molecular formula is C7H6O2S2. The highest BCUT2D eigenvalue weighted by Crippen LogP contribution is 2.47. The standard InChI is InChI=1S/C7H6O2S2/c8-7(9)11-2-1-5-3-10-4-6(5)11/h1-4,11H,(H,8,9). The summed E-state index contributed by atoms with van der Waals surface area (Å²) in [5, 5.41) is 13.8. The molecule has 0 fully saturated rings. The van der Waals surface area contributed by atoms with Gasteiger partial charge in [-0.1, -0.05) is 0 Å². The Labute approximate surface area is 70.5 Å². The molecular weight excluding hydrogens is 180 g/mol. The first-order chi connectivity index (χ1) is 5.29. The molecule has 0 bridgehead atoms. The number of hydrogen-bond donors (Lipinski definition) is 2. The Balaban J connectivity index is 2.46. The van der Waals surface area contributed by atoms with Gasteiger partial charge in [-0.25, -0.2) is 4.79 Å². The van der Waals surface area contributed by atoms with E-state index in [9.17, 15) is 4.79 Å². The van der Waals surface area contributed by atoms with Crippen LogP contribution >= 0.6 is 22.2 Å². The monoisotopic (exact) mass is 186 g/mol. The van der Waals surface area contributed by atoms with E-state index in [0.717, 1.165) is 10.5 Å². The maximum absolute atomic E-state index is 10.6. The van der Waals surface area contributed by atoms with Gasteiger partial charge in [0.05, 0.1) is 0 Å². The lowest BCUT2D eigenvalue weighted by atomic mass is 10.3. The first kappa shape index (κ1) is 6.94. The third kappa shape index (κ3) is 0.985. The first-order valence-electron chi connectivity index (χ1n) is 3.05. The quantitative estimate of drug-likeness (QED) is 0.611. The number of rotatable bonds is 0. The molecule has 4 heteroatoms. The van der Waals surface area contributed by atoms with Gasteiger partial charge in [-0.05, 0) is 22.4 Å². The second-order valence-corrected chi connectivity index (χ2v) is 4.83. The molecule has 0 saturated carbocycles. The highest BCUT2D eigenvalue weighted by molar-refractivity contribution is 8.32. The Morgan fingerprint density at radius 1 is 1.55 bits per heavy atom. The average Bonchev–Trinajstić information content (AvgIpc) is 2.41. The van der Waals surface area contributed by atoms with E-state index in [0.29, 0.717) is 0 Å². The number of carbonyl (C=O) groups is 1. The van der Waals surface area contributed by atoms with Gasteiger partial charge in [-0.3, -0.25) is 0 Å². The number of thiophene rings is 1. The largest absolute Gasteiger partial charge is 0.474 e. The second-order valence-electron chi connectivity index (χ2n) is 2.18. The van der Waals surface area contributed by atoms with Gasteiger partial charge in [-0.2, -0.15) is 11.3 Å². The van der Waals surface area contributed by atoms with Crippen molar-refractivity contribution in [3.8, 4) is 0 Å². The third-order valence-electron chi connectivity index (χ3n) is 1.54. The SMILES string of the molecule is O=C(O)[SH]1C=Cc2cscc21. The molecule has 0 aromatic carbocycles. The van der Waals surface area contributed by atoms with Crippen LogP contribution in [0.25, 0.3) is 6.08 Å². The van der Waals surface area contributed by atoms with Crippen LogP contribution < -0.4 is 0 Å². The molecule has 1 aliphatic heterocycles. The Hall–Kier alpha value is -0.740. The van der Waals surface area contributed by atoms with Crippen LogP contribution in [0.2, 0.25) is 0 Å². The van der Waals surface area contributed by atoms with E-state index in [-0.39, 0.29) is 0 Å². The van der Waals surface area contributed by atoms with E-state index in [2.05, 4.69) is 0 Å². The van der Waals surface area contributed by atoms with Gasteiger partial charge in [0, 0.05) is 10.3 Å². The number of hydrogen-bond acceptors (Lipinski definition) is 2. The van der Waals surface area contributed by atoms with Gasteiger partial charge in [0.2, 0.25) is 0 Å². The van der Waals surface area contributed by atoms with Crippen LogP contribution in [0.5, 0.6) is 0 Å². The summed E-state index contributed by atoms with van der Waals surface area (Å²) in [6.07, 6.45) is 1.89. The van der Waals surface area contributed by atoms with Crippen LogP contribution in [0.3, 0.4) is 0 Å². The van der Waals surface area contributed by atoms with E-state index in [1.807, 2.05) is 16.8 Å². The minimum atomic E-state index is -1.04. The Kier molecular flexibility index (Phi) is 1.51. The number of fused-ring (bicyclic) bond motifs is 1. The number of thiol groups is 1. The molecule has 0 aliphatic carbocycles. The third-order valence-corrected chi connectivity index (χ3v) is 4.24. The van der Waals surface area contributed by atoms with Crippen LogP contribution in [0.4, 0.5) is 4.79 Å². The molecule has 1 unspecified atom stereocenters. The molecule has 0 spiro atoms. The molecule has 2 heterocycles. The predicted molar refractivity (Wildman–Crippen MR) is 48.6 cm³/mol. The smallest absolute Gasteiger partial charge is 0.352 e. The minimum absolute atomic E-state index is 0.701. The van der Waals surface area contributed by atoms with Crippen LogP contribution in [-0.2, 0) is 0 Å². The molecule has 0 saturated heterocycles. The summed E-state index contributed by atoms with van der Waals surface area (Å²) in [4.78, 5) is 11.6. The van der Waals surface area contributed by atoms with E-state index in [1.54, 1.807) is 16.7 Å². The van der Waals surface area contributed by atoms with Crippen molar-refractivity contribution in [3.05, 3.63) is 21.7 Å². The molecule has 1 aromatic rings. The summed E-state index contributed by atoms with van der Waals surface area (Å²) in [5.41, 5.74) is 1.09. The molecule has 0 amide bonds. The number of carboxylic acid groups (broad SMARTS) is 1. The van der Waals surface area contributed by atoms with Gasteiger partial charge in [0.25, 0.3) is 0 Å². The average molecular weight is 186 g/mol. The van der Waals surface area contributed by atoms with Crippen molar-refractivity contribution in [1.82, 2.24) is 0 Å². The highest BCUT2D eigenvalue weighted by Gasteiger charge is 2.19. The van der Waals surface area contributed by atoms with E-state index in [4.69, 9.17) is 5.11 Å². The minimum Gasteiger partial charge on any atom is -0.474 e. The van der Waals surface area contributed by atoms with Crippen molar-refractivity contribution in [2.75, 3.05) is 0 Å². The molecule has 11 heavy (non-hydrogen) atoms. The van der Waals surface area contributed by atoms with Crippen LogP contribution in [0, 0.1) is 0 Å². The van der Waals surface area contributed by atoms with Crippen molar-refractivity contribution in [2.45, 2.75) is 4.90 Å².